The Morgan fingerprint density at radius 2 is 1.71 bits per heavy atom. The van der Waals surface area contributed by atoms with Crippen LogP contribution >= 0.6 is 0 Å². The van der Waals surface area contributed by atoms with Crippen molar-refractivity contribution in [1.29, 1.82) is 0 Å². The number of hydrogen-bond acceptors (Lipinski definition) is 7. The number of hydrogen-bond donors (Lipinski definition) is 0. The average molecular weight is 645 g/mol. The second-order valence-corrected chi connectivity index (χ2v) is 14.4. The molecule has 0 radical (unpaired) electrons. The van der Waals surface area contributed by atoms with Crippen LogP contribution in [-0.4, -0.2) is 46.2 Å². The van der Waals surface area contributed by atoms with Crippen LogP contribution in [0.15, 0.2) is 48.5 Å². The number of rotatable bonds is 8. The van der Waals surface area contributed by atoms with Crippen molar-refractivity contribution in [1.82, 2.24) is 0 Å². The molecule has 3 aromatic rings. The van der Waals surface area contributed by atoms with Gasteiger partial charge in [-0.2, -0.15) is 13.2 Å². The van der Waals surface area contributed by atoms with E-state index in [1.54, 1.807) is 24.3 Å². The first-order valence-corrected chi connectivity index (χ1v) is 16.9. The molecule has 3 aliphatic rings. The van der Waals surface area contributed by atoms with Gasteiger partial charge in [0.2, 0.25) is 0 Å². The summed E-state index contributed by atoms with van der Waals surface area (Å²) < 4.78 is 88.7. The number of benzene rings is 3. The molecule has 1 fully saturated rings. The fourth-order valence-corrected chi connectivity index (χ4v) is 8.10. The van der Waals surface area contributed by atoms with Gasteiger partial charge in [0.15, 0.2) is 0 Å². The molecule has 6 rings (SSSR count). The van der Waals surface area contributed by atoms with E-state index in [1.807, 2.05) is 19.1 Å². The maximum atomic E-state index is 14.2. The zero-order valence-electron chi connectivity index (χ0n) is 25.1. The lowest BCUT2D eigenvalue weighted by molar-refractivity contribution is -0.141. The molecular weight excluding hydrogens is 609 g/mol. The average Bonchev–Trinajstić information content (AvgIpc) is 3.59. The molecule has 0 amide bonds. The number of aryl methyl sites for hydroxylation is 1. The molecule has 0 saturated carbocycles. The Hall–Kier alpha value is -3.73. The smallest absolute Gasteiger partial charge is 0.416 e. The first kappa shape index (κ1) is 31.3. The summed E-state index contributed by atoms with van der Waals surface area (Å²) in [5.41, 5.74) is 3.46. The number of ether oxygens (including phenoxy) is 4. The van der Waals surface area contributed by atoms with Crippen LogP contribution in [0.25, 0.3) is 11.1 Å². The Morgan fingerprint density at radius 3 is 2.42 bits per heavy atom. The highest BCUT2D eigenvalue weighted by molar-refractivity contribution is 7.91. The highest BCUT2D eigenvalue weighted by atomic mass is 32.2. The molecule has 0 spiro atoms. The SMILES string of the molecule is COC(=O)C[C@@H]1COc2cc(O[C@@H]3CCc4c(-c5ccc(OCC6CCS(=O)(=O)CC6)cc5C)cc(C(F)(F)F)cc43)ccc21. The number of methoxy groups -OCH3 is 1. The van der Waals surface area contributed by atoms with Gasteiger partial charge in [0, 0.05) is 17.5 Å². The molecule has 240 valence electrons. The molecule has 0 unspecified atom stereocenters. The third-order valence-corrected chi connectivity index (χ3v) is 10.8. The lowest BCUT2D eigenvalue weighted by Crippen LogP contribution is -2.26. The summed E-state index contributed by atoms with van der Waals surface area (Å²) in [6, 6.07) is 13.1. The predicted molar refractivity (Wildman–Crippen MR) is 161 cm³/mol. The molecule has 11 heteroatoms. The van der Waals surface area contributed by atoms with E-state index in [4.69, 9.17) is 18.9 Å². The molecule has 2 aliphatic heterocycles. The van der Waals surface area contributed by atoms with Crippen LogP contribution in [0.3, 0.4) is 0 Å². The summed E-state index contributed by atoms with van der Waals surface area (Å²) in [7, 11) is -1.62. The van der Waals surface area contributed by atoms with Gasteiger partial charge in [-0.15, -0.1) is 0 Å². The summed E-state index contributed by atoms with van der Waals surface area (Å²) in [6.07, 6.45) is -2.73. The Morgan fingerprint density at radius 1 is 0.956 bits per heavy atom. The van der Waals surface area contributed by atoms with Crippen molar-refractivity contribution in [3.05, 3.63) is 76.3 Å². The summed E-state index contributed by atoms with van der Waals surface area (Å²) in [4.78, 5) is 11.8. The second kappa shape index (κ2) is 12.2. The number of carbonyl (C=O) groups is 1. The third-order valence-electron chi connectivity index (χ3n) is 9.05. The van der Waals surface area contributed by atoms with Gasteiger partial charge >= 0.3 is 12.1 Å². The first-order valence-electron chi connectivity index (χ1n) is 15.1. The minimum Gasteiger partial charge on any atom is -0.493 e. The third kappa shape index (κ3) is 6.78. The lowest BCUT2D eigenvalue weighted by Gasteiger charge is -2.22. The predicted octanol–water partition coefficient (Wildman–Crippen LogP) is 6.99. The molecule has 3 aromatic carbocycles. The molecule has 1 aliphatic carbocycles. The summed E-state index contributed by atoms with van der Waals surface area (Å²) in [5.74, 6) is 1.71. The Bertz CT molecular complexity index is 1700. The molecule has 0 N–H and O–H groups in total. The van der Waals surface area contributed by atoms with Crippen LogP contribution in [0.2, 0.25) is 0 Å². The molecule has 45 heavy (non-hydrogen) atoms. The maximum Gasteiger partial charge on any atom is 0.416 e. The van der Waals surface area contributed by atoms with Crippen molar-refractivity contribution >= 4 is 15.8 Å². The van der Waals surface area contributed by atoms with Crippen molar-refractivity contribution in [2.45, 2.75) is 57.2 Å². The van der Waals surface area contributed by atoms with E-state index in [-0.39, 0.29) is 35.7 Å². The molecular formula is C34H35F3O7S. The van der Waals surface area contributed by atoms with Crippen LogP contribution in [0.1, 0.15) is 65.5 Å². The van der Waals surface area contributed by atoms with Gasteiger partial charge in [-0.3, -0.25) is 4.79 Å². The number of carbonyl (C=O) groups excluding carboxylic acids is 1. The second-order valence-electron chi connectivity index (χ2n) is 12.1. The normalized spacial score (nSPS) is 20.6. The summed E-state index contributed by atoms with van der Waals surface area (Å²) in [5, 5.41) is 0. The standard InChI is InChI=1S/C34H35F3O7S/c1-20-13-24(42-18-21-9-11-45(39,40)12-10-21)3-5-26(20)29-15-23(34(35,36)37)16-30-28(29)7-8-31(30)44-25-4-6-27-22(14-33(38)41-2)19-43-32(27)17-25/h3-6,13,15-17,21-22,31H,7-12,14,18-19H2,1-2H3/t22-,31-/m1/s1. The van der Waals surface area contributed by atoms with Crippen molar-refractivity contribution in [2.24, 2.45) is 5.92 Å². The Balaban J connectivity index is 1.23. The number of alkyl halides is 3. The Labute approximate surface area is 260 Å². The van der Waals surface area contributed by atoms with E-state index in [1.165, 1.54) is 19.2 Å². The molecule has 0 bridgehead atoms. The largest absolute Gasteiger partial charge is 0.493 e. The van der Waals surface area contributed by atoms with Gasteiger partial charge in [-0.05, 0) is 96.7 Å². The van der Waals surface area contributed by atoms with Crippen LogP contribution in [0.4, 0.5) is 13.2 Å². The van der Waals surface area contributed by atoms with E-state index in [9.17, 15) is 26.4 Å². The van der Waals surface area contributed by atoms with Crippen molar-refractivity contribution in [3.63, 3.8) is 0 Å². The highest BCUT2D eigenvalue weighted by Gasteiger charge is 2.36. The van der Waals surface area contributed by atoms with Crippen LogP contribution in [-0.2, 0) is 32.0 Å². The molecule has 2 atom stereocenters. The molecule has 2 heterocycles. The van der Waals surface area contributed by atoms with Crippen LogP contribution < -0.4 is 14.2 Å². The topological polar surface area (TPSA) is 88.1 Å². The van der Waals surface area contributed by atoms with Crippen molar-refractivity contribution < 1.29 is 45.3 Å². The number of sulfone groups is 1. The zero-order valence-corrected chi connectivity index (χ0v) is 25.9. The highest BCUT2D eigenvalue weighted by Crippen LogP contribution is 2.46. The quantitative estimate of drug-likeness (QED) is 0.244. The van der Waals surface area contributed by atoms with Gasteiger partial charge < -0.3 is 18.9 Å². The van der Waals surface area contributed by atoms with Gasteiger partial charge in [0.25, 0.3) is 0 Å². The minimum atomic E-state index is -4.54. The van der Waals surface area contributed by atoms with Crippen molar-refractivity contribution in [3.8, 4) is 28.4 Å². The van der Waals surface area contributed by atoms with E-state index >= 15 is 0 Å². The zero-order chi connectivity index (χ0) is 31.9. The fourth-order valence-electron chi connectivity index (χ4n) is 6.51. The van der Waals surface area contributed by atoms with Gasteiger partial charge in [-0.25, -0.2) is 8.42 Å². The fraction of sp³-hybridized carbons (Fsp3) is 0.441. The lowest BCUT2D eigenvalue weighted by atomic mass is 9.91. The number of fused-ring (bicyclic) bond motifs is 2. The molecule has 1 saturated heterocycles. The van der Waals surface area contributed by atoms with E-state index < -0.39 is 27.7 Å². The summed E-state index contributed by atoms with van der Waals surface area (Å²) in [6.45, 7) is 2.58. The van der Waals surface area contributed by atoms with Crippen molar-refractivity contribution in [2.75, 3.05) is 31.8 Å². The van der Waals surface area contributed by atoms with Crippen LogP contribution in [0, 0.1) is 12.8 Å². The van der Waals surface area contributed by atoms with Gasteiger partial charge in [0.05, 0.1) is 43.8 Å². The summed E-state index contributed by atoms with van der Waals surface area (Å²) >= 11 is 0. The molecule has 7 nitrogen and oxygen atoms in total. The van der Waals surface area contributed by atoms with Gasteiger partial charge in [0.1, 0.15) is 33.2 Å². The van der Waals surface area contributed by atoms with E-state index in [0.717, 1.165) is 16.7 Å². The maximum absolute atomic E-state index is 14.2. The van der Waals surface area contributed by atoms with Crippen LogP contribution in [0.5, 0.6) is 17.2 Å². The van der Waals surface area contributed by atoms with E-state index in [2.05, 4.69) is 0 Å². The number of halogens is 3. The van der Waals surface area contributed by atoms with Gasteiger partial charge in [-0.1, -0.05) is 12.1 Å². The minimum absolute atomic E-state index is 0.128. The monoisotopic (exact) mass is 644 g/mol. The first-order chi connectivity index (χ1) is 21.4. The molecule has 0 aromatic heterocycles. The Kier molecular flexibility index (Phi) is 8.49. The number of esters is 1. The van der Waals surface area contributed by atoms with E-state index in [0.29, 0.717) is 72.8 Å².